The van der Waals surface area contributed by atoms with Crippen molar-refractivity contribution in [3.63, 3.8) is 0 Å². The van der Waals surface area contributed by atoms with Gasteiger partial charge in [0.25, 0.3) is 0 Å². The number of rotatable bonds is 1. The summed E-state index contributed by atoms with van der Waals surface area (Å²) in [7, 11) is 2.21. The van der Waals surface area contributed by atoms with Crippen LogP contribution in [0.4, 0.5) is 4.79 Å². The average Bonchev–Trinajstić information content (AvgIpc) is 2.28. The van der Waals surface area contributed by atoms with E-state index in [2.05, 4.69) is 11.9 Å². The summed E-state index contributed by atoms with van der Waals surface area (Å²) in [6, 6.07) is 0.673. The molecule has 4 nitrogen and oxygen atoms in total. The van der Waals surface area contributed by atoms with E-state index >= 15 is 0 Å². The van der Waals surface area contributed by atoms with E-state index in [-0.39, 0.29) is 12.2 Å². The van der Waals surface area contributed by atoms with E-state index < -0.39 is 0 Å². The van der Waals surface area contributed by atoms with E-state index in [0.717, 1.165) is 19.5 Å². The van der Waals surface area contributed by atoms with Crippen LogP contribution in [0.15, 0.2) is 0 Å². The third-order valence-electron chi connectivity index (χ3n) is 3.94. The molecule has 17 heavy (non-hydrogen) atoms. The van der Waals surface area contributed by atoms with Crippen molar-refractivity contribution in [2.45, 2.75) is 45.3 Å². The van der Waals surface area contributed by atoms with Crippen molar-refractivity contribution >= 4 is 6.09 Å². The minimum absolute atomic E-state index is 0.0192. The van der Waals surface area contributed by atoms with Gasteiger partial charge < -0.3 is 14.5 Å². The highest BCUT2D eigenvalue weighted by Gasteiger charge is 2.36. The van der Waals surface area contributed by atoms with Crippen molar-refractivity contribution in [1.29, 1.82) is 0 Å². The van der Waals surface area contributed by atoms with E-state index in [1.807, 2.05) is 18.7 Å². The molecule has 2 atom stereocenters. The normalized spacial score (nSPS) is 30.2. The van der Waals surface area contributed by atoms with E-state index in [1.54, 1.807) is 0 Å². The molecule has 0 aromatic heterocycles. The topological polar surface area (TPSA) is 32.8 Å². The van der Waals surface area contributed by atoms with Crippen LogP contribution < -0.4 is 0 Å². The molecule has 2 heterocycles. The van der Waals surface area contributed by atoms with Crippen LogP contribution in [0.1, 0.15) is 33.1 Å². The van der Waals surface area contributed by atoms with E-state index in [9.17, 15) is 4.79 Å². The van der Waals surface area contributed by atoms with Crippen molar-refractivity contribution in [3.8, 4) is 0 Å². The molecular weight excluding hydrogens is 216 g/mol. The number of fused-ring (bicyclic) bond motifs is 1. The fourth-order valence-corrected chi connectivity index (χ4v) is 3.09. The van der Waals surface area contributed by atoms with Crippen LogP contribution in [-0.2, 0) is 4.74 Å². The Hall–Kier alpha value is -0.770. The van der Waals surface area contributed by atoms with Crippen molar-refractivity contribution in [2.24, 2.45) is 5.92 Å². The minimum atomic E-state index is -0.133. The fraction of sp³-hybridized carbons (Fsp3) is 0.923. The standard InChI is InChI=1S/C13H24N2O2/c1-10(2)17-13(16)15-8-6-12-11(9-15)5-4-7-14(12)3/h10-12H,4-9H2,1-3H3. The summed E-state index contributed by atoms with van der Waals surface area (Å²) in [5.41, 5.74) is 0. The van der Waals surface area contributed by atoms with Gasteiger partial charge in [0.05, 0.1) is 6.10 Å². The van der Waals surface area contributed by atoms with Crippen LogP contribution >= 0.6 is 0 Å². The van der Waals surface area contributed by atoms with Gasteiger partial charge in [-0.3, -0.25) is 0 Å². The summed E-state index contributed by atoms with van der Waals surface area (Å²) in [5, 5.41) is 0. The minimum Gasteiger partial charge on any atom is -0.447 e. The van der Waals surface area contributed by atoms with Gasteiger partial charge in [0.1, 0.15) is 0 Å². The molecule has 2 aliphatic heterocycles. The first-order chi connectivity index (χ1) is 8.08. The number of amides is 1. The van der Waals surface area contributed by atoms with Gasteiger partial charge in [-0.15, -0.1) is 0 Å². The number of carbonyl (C=O) groups excluding carboxylic acids is 1. The Labute approximate surface area is 104 Å². The molecule has 2 unspecified atom stereocenters. The van der Waals surface area contributed by atoms with Crippen LogP contribution in [0, 0.1) is 5.92 Å². The number of ether oxygens (including phenoxy) is 1. The monoisotopic (exact) mass is 240 g/mol. The van der Waals surface area contributed by atoms with Crippen LogP contribution in [0.3, 0.4) is 0 Å². The zero-order chi connectivity index (χ0) is 12.4. The first-order valence-corrected chi connectivity index (χ1v) is 6.73. The van der Waals surface area contributed by atoms with Gasteiger partial charge in [-0.2, -0.15) is 0 Å². The Morgan fingerprint density at radius 2 is 2.06 bits per heavy atom. The lowest BCUT2D eigenvalue weighted by atomic mass is 9.84. The molecule has 0 aromatic carbocycles. The van der Waals surface area contributed by atoms with Crippen molar-refractivity contribution in [3.05, 3.63) is 0 Å². The number of carbonyl (C=O) groups is 1. The van der Waals surface area contributed by atoms with Gasteiger partial charge in [0.2, 0.25) is 0 Å². The summed E-state index contributed by atoms with van der Waals surface area (Å²) in [5.74, 6) is 0.641. The van der Waals surface area contributed by atoms with Gasteiger partial charge in [-0.25, -0.2) is 4.79 Å². The third-order valence-corrected chi connectivity index (χ3v) is 3.94. The Kier molecular flexibility index (Phi) is 3.92. The zero-order valence-electron chi connectivity index (χ0n) is 11.2. The molecule has 0 radical (unpaired) electrons. The van der Waals surface area contributed by atoms with Gasteiger partial charge in [-0.05, 0) is 52.6 Å². The Bertz CT molecular complexity index is 281. The van der Waals surface area contributed by atoms with Crippen LogP contribution in [0.5, 0.6) is 0 Å². The van der Waals surface area contributed by atoms with E-state index in [0.29, 0.717) is 12.0 Å². The molecular formula is C13H24N2O2. The zero-order valence-corrected chi connectivity index (χ0v) is 11.2. The van der Waals surface area contributed by atoms with Gasteiger partial charge in [0, 0.05) is 19.1 Å². The summed E-state index contributed by atoms with van der Waals surface area (Å²) in [6.07, 6.45) is 3.44. The molecule has 98 valence electrons. The van der Waals surface area contributed by atoms with E-state index in [1.165, 1.54) is 19.4 Å². The highest BCUT2D eigenvalue weighted by Crippen LogP contribution is 2.29. The van der Waals surface area contributed by atoms with Gasteiger partial charge >= 0.3 is 6.09 Å². The Morgan fingerprint density at radius 1 is 1.29 bits per heavy atom. The molecule has 0 bridgehead atoms. The molecule has 0 aromatic rings. The first-order valence-electron chi connectivity index (χ1n) is 6.73. The number of nitrogens with zero attached hydrogens (tertiary/aromatic N) is 2. The molecule has 2 saturated heterocycles. The quantitative estimate of drug-likeness (QED) is 0.702. The molecule has 2 aliphatic rings. The maximum atomic E-state index is 11.9. The number of hydrogen-bond acceptors (Lipinski definition) is 3. The lowest BCUT2D eigenvalue weighted by Crippen LogP contribution is -2.54. The number of hydrogen-bond donors (Lipinski definition) is 0. The SMILES string of the molecule is CC(C)OC(=O)N1CCC2C(CCCN2C)C1. The largest absolute Gasteiger partial charge is 0.447 e. The third kappa shape index (κ3) is 2.92. The van der Waals surface area contributed by atoms with Gasteiger partial charge in [0.15, 0.2) is 0 Å². The average molecular weight is 240 g/mol. The number of piperidine rings is 2. The lowest BCUT2D eigenvalue weighted by molar-refractivity contribution is 0.0206. The van der Waals surface area contributed by atoms with Crippen molar-refractivity contribution in [2.75, 3.05) is 26.7 Å². The van der Waals surface area contributed by atoms with Crippen molar-refractivity contribution in [1.82, 2.24) is 9.80 Å². The molecule has 2 fully saturated rings. The second-order valence-corrected chi connectivity index (χ2v) is 5.62. The molecule has 1 amide bonds. The van der Waals surface area contributed by atoms with Crippen LogP contribution in [-0.4, -0.2) is 54.7 Å². The Balaban J connectivity index is 1.91. The van der Waals surface area contributed by atoms with Crippen molar-refractivity contribution < 1.29 is 9.53 Å². The molecule has 0 spiro atoms. The second kappa shape index (κ2) is 5.25. The van der Waals surface area contributed by atoms with Gasteiger partial charge in [-0.1, -0.05) is 0 Å². The summed E-state index contributed by atoms with van der Waals surface area (Å²) >= 11 is 0. The highest BCUT2D eigenvalue weighted by atomic mass is 16.6. The maximum absolute atomic E-state index is 11.9. The maximum Gasteiger partial charge on any atom is 0.410 e. The summed E-state index contributed by atoms with van der Waals surface area (Å²) in [4.78, 5) is 16.2. The number of likely N-dealkylation sites (tertiary alicyclic amines) is 2. The molecule has 0 saturated carbocycles. The summed E-state index contributed by atoms with van der Waals surface area (Å²) in [6.45, 7) is 6.73. The smallest absolute Gasteiger partial charge is 0.410 e. The first kappa shape index (κ1) is 12.7. The Morgan fingerprint density at radius 3 is 2.76 bits per heavy atom. The second-order valence-electron chi connectivity index (χ2n) is 5.62. The molecule has 2 rings (SSSR count). The molecule has 4 heteroatoms. The summed E-state index contributed by atoms with van der Waals surface area (Å²) < 4.78 is 5.27. The fourth-order valence-electron chi connectivity index (χ4n) is 3.09. The lowest BCUT2D eigenvalue weighted by Gasteiger charge is -2.45. The predicted molar refractivity (Wildman–Crippen MR) is 66.9 cm³/mol. The predicted octanol–water partition coefficient (Wildman–Crippen LogP) is 1.95. The molecule has 0 aliphatic carbocycles. The highest BCUT2D eigenvalue weighted by molar-refractivity contribution is 5.68. The van der Waals surface area contributed by atoms with Crippen LogP contribution in [0.25, 0.3) is 0 Å². The molecule has 0 N–H and O–H groups in total. The van der Waals surface area contributed by atoms with Crippen LogP contribution in [0.2, 0.25) is 0 Å². The van der Waals surface area contributed by atoms with E-state index in [4.69, 9.17) is 4.74 Å².